The van der Waals surface area contributed by atoms with E-state index in [0.717, 1.165) is 51.3 Å². The molecule has 2 aliphatic heterocycles. The van der Waals surface area contributed by atoms with Crippen molar-refractivity contribution in [2.24, 2.45) is 0 Å². The highest BCUT2D eigenvalue weighted by atomic mass is 16.5. The molecule has 0 saturated carbocycles. The Labute approximate surface area is 174 Å². The van der Waals surface area contributed by atoms with Crippen molar-refractivity contribution in [3.05, 3.63) is 17.5 Å². The molecular weight excluding hydrogens is 366 g/mol. The SMILES string of the molecule is CN1CCN(CC#CCOC2CCN(C(=O)c3cc(C(C)(C)C)[nH]n3)CC2)CC1. The van der Waals surface area contributed by atoms with Crippen LogP contribution in [0, 0.1) is 11.8 Å². The Hall–Kier alpha value is -1.88. The van der Waals surface area contributed by atoms with Crippen LogP contribution in [0.3, 0.4) is 0 Å². The third kappa shape index (κ3) is 6.30. The van der Waals surface area contributed by atoms with E-state index in [1.54, 1.807) is 0 Å². The summed E-state index contributed by atoms with van der Waals surface area (Å²) in [5, 5.41) is 7.21. The van der Waals surface area contributed by atoms with Crippen molar-refractivity contribution in [1.82, 2.24) is 24.9 Å². The molecule has 0 aliphatic carbocycles. The van der Waals surface area contributed by atoms with Gasteiger partial charge in [-0.15, -0.1) is 0 Å². The number of carbonyl (C=O) groups is 1. The zero-order chi connectivity index (χ0) is 20.9. The van der Waals surface area contributed by atoms with Gasteiger partial charge in [0.1, 0.15) is 12.3 Å². The molecule has 1 amide bonds. The Bertz CT molecular complexity index is 726. The van der Waals surface area contributed by atoms with Crippen molar-refractivity contribution in [3.8, 4) is 11.8 Å². The average molecular weight is 402 g/mol. The lowest BCUT2D eigenvalue weighted by molar-refractivity contribution is 0.0228. The van der Waals surface area contributed by atoms with E-state index in [1.165, 1.54) is 0 Å². The summed E-state index contributed by atoms with van der Waals surface area (Å²) in [5.74, 6) is 6.38. The van der Waals surface area contributed by atoms with Crippen LogP contribution in [0.1, 0.15) is 49.8 Å². The van der Waals surface area contributed by atoms with Crippen LogP contribution in [0.2, 0.25) is 0 Å². The predicted molar refractivity (Wildman–Crippen MR) is 114 cm³/mol. The number of hydrogen-bond acceptors (Lipinski definition) is 5. The molecule has 0 bridgehead atoms. The smallest absolute Gasteiger partial charge is 0.274 e. The topological polar surface area (TPSA) is 64.7 Å². The van der Waals surface area contributed by atoms with E-state index in [-0.39, 0.29) is 17.4 Å². The Morgan fingerprint density at radius 1 is 1.17 bits per heavy atom. The van der Waals surface area contributed by atoms with E-state index in [1.807, 2.05) is 11.0 Å². The number of hydrogen-bond donors (Lipinski definition) is 1. The summed E-state index contributed by atoms with van der Waals surface area (Å²) in [7, 11) is 2.16. The Kier molecular flexibility index (Phi) is 7.33. The number of likely N-dealkylation sites (tertiary alicyclic amines) is 1. The zero-order valence-electron chi connectivity index (χ0n) is 18.3. The van der Waals surface area contributed by atoms with Crippen molar-refractivity contribution in [2.45, 2.75) is 45.1 Å². The lowest BCUT2D eigenvalue weighted by atomic mass is 9.92. The summed E-state index contributed by atoms with van der Waals surface area (Å²) < 4.78 is 5.91. The van der Waals surface area contributed by atoms with Gasteiger partial charge < -0.3 is 14.5 Å². The molecule has 2 fully saturated rings. The van der Waals surface area contributed by atoms with Gasteiger partial charge >= 0.3 is 0 Å². The number of amides is 1. The number of piperazine rings is 1. The second-order valence-corrected chi connectivity index (χ2v) is 9.15. The fourth-order valence-corrected chi connectivity index (χ4v) is 3.59. The van der Waals surface area contributed by atoms with Crippen LogP contribution in [0.25, 0.3) is 0 Å². The summed E-state index contributed by atoms with van der Waals surface area (Å²) in [6, 6.07) is 1.88. The number of piperidine rings is 1. The summed E-state index contributed by atoms with van der Waals surface area (Å²) in [6.07, 6.45) is 1.88. The van der Waals surface area contributed by atoms with Crippen molar-refractivity contribution < 1.29 is 9.53 Å². The van der Waals surface area contributed by atoms with E-state index in [0.29, 0.717) is 25.4 Å². The minimum absolute atomic E-state index is 0.00201. The minimum atomic E-state index is -0.0439. The number of H-pyrrole nitrogens is 1. The first-order valence-corrected chi connectivity index (χ1v) is 10.7. The molecule has 0 unspecified atom stereocenters. The van der Waals surface area contributed by atoms with E-state index in [4.69, 9.17) is 4.74 Å². The maximum Gasteiger partial charge on any atom is 0.274 e. The third-order valence-electron chi connectivity index (χ3n) is 5.75. The molecule has 3 heterocycles. The van der Waals surface area contributed by atoms with Crippen LogP contribution < -0.4 is 0 Å². The molecule has 3 rings (SSSR count). The van der Waals surface area contributed by atoms with Gasteiger partial charge in [-0.25, -0.2) is 0 Å². The molecule has 0 spiro atoms. The monoisotopic (exact) mass is 401 g/mol. The molecule has 7 heteroatoms. The number of likely N-dealkylation sites (N-methyl/N-ethyl adjacent to an activating group) is 1. The van der Waals surface area contributed by atoms with E-state index < -0.39 is 0 Å². The maximum atomic E-state index is 12.7. The van der Waals surface area contributed by atoms with Crippen LogP contribution in [0.5, 0.6) is 0 Å². The van der Waals surface area contributed by atoms with Gasteiger partial charge in [-0.2, -0.15) is 5.10 Å². The zero-order valence-corrected chi connectivity index (χ0v) is 18.3. The number of nitrogens with zero attached hydrogens (tertiary/aromatic N) is 4. The molecule has 1 aromatic heterocycles. The molecular formula is C22H35N5O2. The van der Waals surface area contributed by atoms with E-state index >= 15 is 0 Å². The molecule has 2 aliphatic rings. The number of aromatic nitrogens is 2. The van der Waals surface area contributed by atoms with Crippen molar-refractivity contribution in [2.75, 3.05) is 59.5 Å². The summed E-state index contributed by atoms with van der Waals surface area (Å²) in [5.41, 5.74) is 1.44. The average Bonchev–Trinajstić information content (AvgIpc) is 3.20. The van der Waals surface area contributed by atoms with Gasteiger partial charge in [0.25, 0.3) is 5.91 Å². The number of nitrogens with one attached hydrogen (secondary N) is 1. The van der Waals surface area contributed by atoms with Crippen molar-refractivity contribution in [3.63, 3.8) is 0 Å². The van der Waals surface area contributed by atoms with Gasteiger partial charge in [0.2, 0.25) is 0 Å². The fraction of sp³-hybridized carbons (Fsp3) is 0.727. The lowest BCUT2D eigenvalue weighted by Crippen LogP contribution is -2.44. The largest absolute Gasteiger partial charge is 0.365 e. The van der Waals surface area contributed by atoms with Crippen LogP contribution >= 0.6 is 0 Å². The molecule has 0 atom stereocenters. The quantitative estimate of drug-likeness (QED) is 0.776. The first-order chi connectivity index (χ1) is 13.8. The molecule has 0 radical (unpaired) electrons. The Morgan fingerprint density at radius 2 is 1.86 bits per heavy atom. The van der Waals surface area contributed by atoms with Gasteiger partial charge in [0.15, 0.2) is 0 Å². The molecule has 2 saturated heterocycles. The first kappa shape index (κ1) is 21.8. The first-order valence-electron chi connectivity index (χ1n) is 10.7. The van der Waals surface area contributed by atoms with Crippen molar-refractivity contribution in [1.29, 1.82) is 0 Å². The molecule has 7 nitrogen and oxygen atoms in total. The summed E-state index contributed by atoms with van der Waals surface area (Å²) in [6.45, 7) is 13.4. The summed E-state index contributed by atoms with van der Waals surface area (Å²) in [4.78, 5) is 19.3. The molecule has 1 aromatic rings. The number of aromatic amines is 1. The fourth-order valence-electron chi connectivity index (χ4n) is 3.59. The summed E-state index contributed by atoms with van der Waals surface area (Å²) >= 11 is 0. The minimum Gasteiger partial charge on any atom is -0.365 e. The molecule has 160 valence electrons. The maximum absolute atomic E-state index is 12.7. The van der Waals surface area contributed by atoms with Crippen LogP contribution in [-0.2, 0) is 10.2 Å². The number of ether oxygens (including phenoxy) is 1. The van der Waals surface area contributed by atoms with Gasteiger partial charge in [-0.3, -0.25) is 14.8 Å². The van der Waals surface area contributed by atoms with Crippen molar-refractivity contribution >= 4 is 5.91 Å². The van der Waals surface area contributed by atoms with Crippen LogP contribution in [0.15, 0.2) is 6.07 Å². The second kappa shape index (κ2) is 9.75. The van der Waals surface area contributed by atoms with Gasteiger partial charge in [0.05, 0.1) is 12.6 Å². The number of carbonyl (C=O) groups excluding carboxylic acids is 1. The Balaban J connectivity index is 1.36. The second-order valence-electron chi connectivity index (χ2n) is 9.15. The highest BCUT2D eigenvalue weighted by Crippen LogP contribution is 2.22. The highest BCUT2D eigenvalue weighted by molar-refractivity contribution is 5.92. The normalized spacial score (nSPS) is 19.8. The molecule has 1 N–H and O–H groups in total. The number of rotatable bonds is 4. The van der Waals surface area contributed by atoms with Crippen LogP contribution in [0.4, 0.5) is 0 Å². The third-order valence-corrected chi connectivity index (χ3v) is 5.75. The molecule has 29 heavy (non-hydrogen) atoms. The molecule has 0 aromatic carbocycles. The highest BCUT2D eigenvalue weighted by Gasteiger charge is 2.26. The standard InChI is InChI=1S/C22H35N5O2/c1-22(2,3)20-17-19(23-24-20)21(28)27-10-7-18(8-11-27)29-16-6-5-9-26-14-12-25(4)13-15-26/h17-18H,7-16H2,1-4H3,(H,23,24). The van der Waals surface area contributed by atoms with E-state index in [2.05, 4.69) is 59.7 Å². The Morgan fingerprint density at radius 3 is 2.48 bits per heavy atom. The van der Waals surface area contributed by atoms with Gasteiger partial charge in [0, 0.05) is 50.4 Å². The van der Waals surface area contributed by atoms with Gasteiger partial charge in [-0.05, 0) is 26.0 Å². The predicted octanol–water partition coefficient (Wildman–Crippen LogP) is 1.58. The van der Waals surface area contributed by atoms with Gasteiger partial charge in [-0.1, -0.05) is 32.6 Å². The van der Waals surface area contributed by atoms with Crippen LogP contribution in [-0.4, -0.2) is 96.4 Å². The lowest BCUT2D eigenvalue weighted by Gasteiger charge is -2.31. The van der Waals surface area contributed by atoms with E-state index in [9.17, 15) is 4.79 Å².